The largest absolute Gasteiger partial charge is 0.500 e. The second-order valence-corrected chi connectivity index (χ2v) is 7.09. The Morgan fingerprint density at radius 2 is 2.17 bits per heavy atom. The predicted octanol–water partition coefficient (Wildman–Crippen LogP) is 2.17. The van der Waals surface area contributed by atoms with Crippen LogP contribution >= 0.6 is 11.8 Å². The number of allylic oxidation sites excluding steroid dienone is 3. The Morgan fingerprint density at radius 1 is 1.38 bits per heavy atom. The van der Waals surface area contributed by atoms with Crippen LogP contribution in [0.4, 0.5) is 0 Å². The fraction of sp³-hybridized carbons (Fsp3) is 0.529. The molecule has 2 aliphatic heterocycles. The molecule has 1 aliphatic carbocycles. The molecule has 0 saturated carbocycles. The van der Waals surface area contributed by atoms with E-state index in [1.54, 1.807) is 18.9 Å². The van der Waals surface area contributed by atoms with Crippen LogP contribution in [-0.2, 0) is 22.3 Å². The highest BCUT2D eigenvalue weighted by atomic mass is 32.2. The van der Waals surface area contributed by atoms with E-state index in [4.69, 9.17) is 9.47 Å². The lowest BCUT2D eigenvalue weighted by atomic mass is 9.98. The van der Waals surface area contributed by atoms with Gasteiger partial charge in [0.15, 0.2) is 5.69 Å². The Morgan fingerprint density at radius 3 is 2.92 bits per heavy atom. The maximum absolute atomic E-state index is 12.9. The summed E-state index contributed by atoms with van der Waals surface area (Å²) < 4.78 is 12.8. The molecule has 0 bridgehead atoms. The summed E-state index contributed by atoms with van der Waals surface area (Å²) in [6.45, 7) is 2.48. The third-order valence-corrected chi connectivity index (χ3v) is 5.90. The summed E-state index contributed by atoms with van der Waals surface area (Å²) in [6.07, 6.45) is 4.14. The van der Waals surface area contributed by atoms with E-state index in [-0.39, 0.29) is 5.91 Å². The van der Waals surface area contributed by atoms with E-state index in [1.165, 1.54) is 10.5 Å². The number of thioether (sulfide) groups is 1. The van der Waals surface area contributed by atoms with Gasteiger partial charge in [0.2, 0.25) is 0 Å². The zero-order chi connectivity index (χ0) is 16.7. The molecule has 0 spiro atoms. The summed E-state index contributed by atoms with van der Waals surface area (Å²) in [5.74, 6) is 1.82. The topological polar surface area (TPSA) is 56.6 Å². The quantitative estimate of drug-likeness (QED) is 0.821. The van der Waals surface area contributed by atoms with Gasteiger partial charge in [0.25, 0.3) is 5.91 Å². The van der Waals surface area contributed by atoms with Crippen LogP contribution in [0.15, 0.2) is 16.7 Å². The average Bonchev–Trinajstić information content (AvgIpc) is 2.98. The number of amides is 1. The van der Waals surface area contributed by atoms with Gasteiger partial charge in [-0.3, -0.25) is 9.48 Å². The van der Waals surface area contributed by atoms with E-state index in [2.05, 4.69) is 11.2 Å². The summed E-state index contributed by atoms with van der Waals surface area (Å²) in [4.78, 5) is 15.9. The third kappa shape index (κ3) is 2.46. The standard InChI is InChI=1S/C17H21N3O3S/c1-19-15-11-4-3-5-13(22-2)16(11)24-10-12(15)14(18-19)17(21)20-6-8-23-9-7-20/h4H,3,5-10H2,1-2H3. The van der Waals surface area contributed by atoms with Crippen LogP contribution in [0.2, 0.25) is 0 Å². The molecular formula is C17H21N3O3S. The molecule has 3 heterocycles. The van der Waals surface area contributed by atoms with Crippen molar-refractivity contribution in [2.24, 2.45) is 7.05 Å². The Balaban J connectivity index is 1.74. The second-order valence-electron chi connectivity index (χ2n) is 6.11. The molecule has 0 atom stereocenters. The number of methoxy groups -OCH3 is 1. The van der Waals surface area contributed by atoms with Crippen molar-refractivity contribution in [3.63, 3.8) is 0 Å². The Labute approximate surface area is 145 Å². The van der Waals surface area contributed by atoms with Gasteiger partial charge >= 0.3 is 0 Å². The van der Waals surface area contributed by atoms with Crippen molar-refractivity contribution in [3.8, 4) is 0 Å². The highest BCUT2D eigenvalue weighted by molar-refractivity contribution is 8.03. The number of aryl methyl sites for hydroxylation is 1. The van der Waals surface area contributed by atoms with Gasteiger partial charge < -0.3 is 14.4 Å². The number of hydrogen-bond acceptors (Lipinski definition) is 5. The first-order valence-corrected chi connectivity index (χ1v) is 9.23. The Hall–Kier alpha value is -1.73. The van der Waals surface area contributed by atoms with Crippen molar-refractivity contribution in [1.29, 1.82) is 0 Å². The van der Waals surface area contributed by atoms with Crippen LogP contribution in [0.1, 0.15) is 34.6 Å². The Bertz CT molecular complexity index is 745. The number of rotatable bonds is 2. The van der Waals surface area contributed by atoms with Crippen molar-refractivity contribution in [1.82, 2.24) is 14.7 Å². The molecule has 128 valence electrons. The number of morpholine rings is 1. The van der Waals surface area contributed by atoms with Crippen molar-refractivity contribution < 1.29 is 14.3 Å². The molecule has 1 saturated heterocycles. The fourth-order valence-electron chi connectivity index (χ4n) is 3.54. The summed E-state index contributed by atoms with van der Waals surface area (Å²) in [6, 6.07) is 0. The van der Waals surface area contributed by atoms with Gasteiger partial charge in [-0.25, -0.2) is 0 Å². The van der Waals surface area contributed by atoms with Gasteiger partial charge in [-0.15, -0.1) is 11.8 Å². The number of nitrogens with zero attached hydrogens (tertiary/aromatic N) is 3. The monoisotopic (exact) mass is 347 g/mol. The number of carbonyl (C=O) groups excluding carboxylic acids is 1. The maximum Gasteiger partial charge on any atom is 0.274 e. The summed E-state index contributed by atoms with van der Waals surface area (Å²) in [5, 5.41) is 4.58. The van der Waals surface area contributed by atoms with Crippen LogP contribution in [0.25, 0.3) is 5.57 Å². The SMILES string of the molecule is COC1=C2SCc3c(C(=O)N4CCOCC4)nn(C)c3C2=CCC1. The minimum Gasteiger partial charge on any atom is -0.500 e. The van der Waals surface area contributed by atoms with Crippen LogP contribution in [-0.4, -0.2) is 54.0 Å². The Kier molecular flexibility index (Phi) is 4.14. The van der Waals surface area contributed by atoms with Crippen LogP contribution in [0, 0.1) is 0 Å². The highest BCUT2D eigenvalue weighted by Crippen LogP contribution is 2.47. The van der Waals surface area contributed by atoms with E-state index in [9.17, 15) is 4.79 Å². The van der Waals surface area contributed by atoms with Crippen molar-refractivity contribution in [3.05, 3.63) is 33.7 Å². The van der Waals surface area contributed by atoms with Gasteiger partial charge in [-0.2, -0.15) is 5.10 Å². The summed E-state index contributed by atoms with van der Waals surface area (Å²) >= 11 is 1.75. The predicted molar refractivity (Wildman–Crippen MR) is 92.5 cm³/mol. The van der Waals surface area contributed by atoms with Crippen molar-refractivity contribution in [2.45, 2.75) is 18.6 Å². The average molecular weight is 347 g/mol. The third-order valence-electron chi connectivity index (χ3n) is 4.73. The fourth-order valence-corrected chi connectivity index (χ4v) is 4.78. The number of aromatic nitrogens is 2. The van der Waals surface area contributed by atoms with Crippen LogP contribution in [0.3, 0.4) is 0 Å². The first-order chi connectivity index (χ1) is 11.7. The van der Waals surface area contributed by atoms with Gasteiger partial charge in [-0.1, -0.05) is 6.08 Å². The van der Waals surface area contributed by atoms with Crippen molar-refractivity contribution in [2.75, 3.05) is 33.4 Å². The summed E-state index contributed by atoms with van der Waals surface area (Å²) in [7, 11) is 3.66. The lowest BCUT2D eigenvalue weighted by molar-refractivity contribution is 0.0298. The zero-order valence-corrected chi connectivity index (χ0v) is 14.8. The summed E-state index contributed by atoms with van der Waals surface area (Å²) in [5.41, 5.74) is 3.87. The molecule has 3 aliphatic rings. The molecule has 0 unspecified atom stereocenters. The highest BCUT2D eigenvalue weighted by Gasteiger charge is 2.34. The normalized spacial score (nSPS) is 20.4. The maximum atomic E-state index is 12.9. The molecular weight excluding hydrogens is 326 g/mol. The van der Waals surface area contributed by atoms with E-state index in [0.717, 1.165) is 35.6 Å². The van der Waals surface area contributed by atoms with Gasteiger partial charge in [-0.05, 0) is 6.42 Å². The molecule has 4 rings (SSSR count). The molecule has 0 aromatic carbocycles. The zero-order valence-electron chi connectivity index (χ0n) is 14.0. The number of ether oxygens (including phenoxy) is 2. The lowest BCUT2D eigenvalue weighted by Crippen LogP contribution is -2.41. The van der Waals surface area contributed by atoms with E-state index >= 15 is 0 Å². The van der Waals surface area contributed by atoms with Crippen LogP contribution in [0.5, 0.6) is 0 Å². The van der Waals surface area contributed by atoms with E-state index in [1.807, 2.05) is 16.6 Å². The molecule has 0 radical (unpaired) electrons. The number of hydrogen-bond donors (Lipinski definition) is 0. The number of carbonyl (C=O) groups is 1. The smallest absolute Gasteiger partial charge is 0.274 e. The molecule has 1 fully saturated rings. The molecule has 24 heavy (non-hydrogen) atoms. The van der Waals surface area contributed by atoms with E-state index in [0.29, 0.717) is 32.0 Å². The number of fused-ring (bicyclic) bond motifs is 3. The van der Waals surface area contributed by atoms with Crippen LogP contribution < -0.4 is 0 Å². The lowest BCUT2D eigenvalue weighted by Gasteiger charge is -2.27. The first-order valence-electron chi connectivity index (χ1n) is 8.24. The van der Waals surface area contributed by atoms with Crippen molar-refractivity contribution >= 4 is 23.2 Å². The first kappa shape index (κ1) is 15.8. The van der Waals surface area contributed by atoms with Gasteiger partial charge in [0.1, 0.15) is 5.76 Å². The minimum absolute atomic E-state index is 0.0200. The minimum atomic E-state index is 0.0200. The second kappa shape index (κ2) is 6.29. The molecule has 0 N–H and O–H groups in total. The molecule has 6 nitrogen and oxygen atoms in total. The molecule has 1 aromatic rings. The van der Waals surface area contributed by atoms with E-state index < -0.39 is 0 Å². The molecule has 7 heteroatoms. The molecule has 1 amide bonds. The molecule has 1 aromatic heterocycles. The van der Waals surface area contributed by atoms with Gasteiger partial charge in [0.05, 0.1) is 30.9 Å². The van der Waals surface area contributed by atoms with Gasteiger partial charge in [0, 0.05) is 43.4 Å².